The largest absolute Gasteiger partial charge is 3.00 e. The second kappa shape index (κ2) is 16.7. The quantitative estimate of drug-likeness (QED) is 0.273. The van der Waals surface area contributed by atoms with Crippen LogP contribution < -0.4 is 15.3 Å². The van der Waals surface area contributed by atoms with E-state index in [1.54, 1.807) is 0 Å². The minimum atomic E-state index is -0.457. The van der Waals surface area contributed by atoms with Gasteiger partial charge < -0.3 is 15.3 Å². The first-order chi connectivity index (χ1) is 16.6. The molecule has 0 rings (SSSR count). The normalized spacial score (nSPS) is 14.1. The van der Waals surface area contributed by atoms with Gasteiger partial charge in [0.2, 0.25) is 0 Å². The van der Waals surface area contributed by atoms with E-state index in [1.807, 2.05) is 125 Å². The van der Waals surface area contributed by atoms with Gasteiger partial charge in [-0.15, -0.1) is 17.3 Å². The summed E-state index contributed by atoms with van der Waals surface area (Å²) in [5.41, 5.74) is -2.74. The van der Waals surface area contributed by atoms with Crippen LogP contribution in [0.3, 0.4) is 0 Å². The smallest absolute Gasteiger partial charge is 0.875 e. The number of hydrogen-bond acceptors (Lipinski definition) is 6. The Hall–Kier alpha value is -0.851. The molecule has 0 aliphatic heterocycles. The van der Waals surface area contributed by atoms with E-state index in [1.165, 1.54) is 18.2 Å². The van der Waals surface area contributed by atoms with Crippen LogP contribution in [0, 0.1) is 79.4 Å². The molecule has 0 unspecified atom stereocenters. The van der Waals surface area contributed by atoms with Crippen LogP contribution in [0.15, 0.2) is 35.5 Å². The summed E-state index contributed by atoms with van der Waals surface area (Å²) in [6.45, 7) is 32.5. The first-order valence-electron chi connectivity index (χ1n) is 13.5. The summed E-state index contributed by atoms with van der Waals surface area (Å²) in [5, 5.41) is 34.3. The van der Waals surface area contributed by atoms with Crippen molar-refractivity contribution >= 4 is 17.3 Å². The Bertz CT molecular complexity index is 801. The zero-order valence-electron chi connectivity index (χ0n) is 28.4. The van der Waals surface area contributed by atoms with Crippen LogP contribution in [0.5, 0.6) is 0 Å². The molecule has 0 aliphatic carbocycles. The molecule has 40 heavy (non-hydrogen) atoms. The van der Waals surface area contributed by atoms with Gasteiger partial charge in [0.25, 0.3) is 0 Å². The Morgan fingerprint density at radius 3 is 0.550 bits per heavy atom. The molecule has 0 saturated heterocycles. The molecule has 0 amide bonds. The minimum absolute atomic E-state index is 0. The van der Waals surface area contributed by atoms with Gasteiger partial charge in [0.05, 0.1) is 0 Å². The predicted octanol–water partition coefficient (Wildman–Crippen LogP) is 5.68. The molecule has 0 aromatic heterocycles. The van der Waals surface area contributed by atoms with Crippen molar-refractivity contribution in [1.82, 2.24) is 0 Å². The van der Waals surface area contributed by atoms with E-state index in [9.17, 15) is 29.7 Å². The molecule has 0 N–H and O–H groups in total. The molecule has 0 atom stereocenters. The van der Waals surface area contributed by atoms with Gasteiger partial charge >= 0.3 is 46.9 Å². The summed E-state index contributed by atoms with van der Waals surface area (Å²) >= 11 is 0. The first kappa shape index (κ1) is 46.1. The van der Waals surface area contributed by atoms with E-state index in [2.05, 4.69) is 0 Å². The molecule has 0 spiro atoms. The Morgan fingerprint density at radius 2 is 0.475 bits per heavy atom. The van der Waals surface area contributed by atoms with Crippen molar-refractivity contribution in [1.29, 1.82) is 0 Å². The van der Waals surface area contributed by atoms with E-state index in [0.717, 1.165) is 0 Å². The molecule has 0 fully saturated rings. The molecule has 6 nitrogen and oxygen atoms in total. The van der Waals surface area contributed by atoms with E-state index in [4.69, 9.17) is 0 Å². The van der Waals surface area contributed by atoms with Crippen molar-refractivity contribution in [2.75, 3.05) is 0 Å². The van der Waals surface area contributed by atoms with E-state index in [-0.39, 0.29) is 81.6 Å². The van der Waals surface area contributed by atoms with Crippen LogP contribution in [0.25, 0.3) is 0 Å². The van der Waals surface area contributed by atoms with Crippen molar-refractivity contribution in [3.63, 3.8) is 0 Å². The average molecular weight is 723 g/mol. The predicted molar refractivity (Wildman–Crippen MR) is 156 cm³/mol. The molecule has 0 heterocycles. The second-order valence-corrected chi connectivity index (χ2v) is 16.1. The molecule has 0 saturated carbocycles. The third-order valence-corrected chi connectivity index (χ3v) is 5.22. The maximum absolute atomic E-state index is 11.4. The summed E-state index contributed by atoms with van der Waals surface area (Å²) in [4.78, 5) is 34.3. The van der Waals surface area contributed by atoms with Crippen LogP contribution in [0.4, 0.5) is 0 Å². The summed E-state index contributed by atoms with van der Waals surface area (Å²) in [6.07, 6.45) is 3.67. The van der Waals surface area contributed by atoms with E-state index >= 15 is 0 Å². The van der Waals surface area contributed by atoms with Gasteiger partial charge in [-0.05, 0) is 34.5 Å². The SMILES string of the molecule is CC(C)(C)C(=O)C=C([O-])C(C)(C)C.CC(C)(C)C(=O)C=C([O-])C(C)(C)C.CC(C)(C)C(=O)C=C([O-])C(C)(C)C.[Yb+3]. The second-order valence-electron chi connectivity index (χ2n) is 16.1. The molecule has 1 radical (unpaired) electrons. The summed E-state index contributed by atoms with van der Waals surface area (Å²) in [6, 6.07) is 0. The molecule has 0 aliphatic rings. The van der Waals surface area contributed by atoms with Crippen molar-refractivity contribution in [3.05, 3.63) is 35.5 Å². The van der Waals surface area contributed by atoms with Crippen LogP contribution in [-0.2, 0) is 14.4 Å². The zero-order valence-corrected chi connectivity index (χ0v) is 30.2. The van der Waals surface area contributed by atoms with Crippen LogP contribution in [0.2, 0.25) is 0 Å². The number of hydrogen-bond donors (Lipinski definition) is 0. The van der Waals surface area contributed by atoms with Crippen LogP contribution in [-0.4, -0.2) is 17.3 Å². The maximum atomic E-state index is 11.4. The monoisotopic (exact) mass is 723 g/mol. The van der Waals surface area contributed by atoms with Gasteiger partial charge in [-0.1, -0.05) is 125 Å². The fourth-order valence-electron chi connectivity index (χ4n) is 1.66. The molecular weight excluding hydrogens is 665 g/mol. The molecule has 0 bridgehead atoms. The van der Waals surface area contributed by atoms with Gasteiger partial charge in [-0.3, -0.25) is 14.4 Å². The molecule has 0 aromatic carbocycles. The zero-order chi connectivity index (χ0) is 32.6. The van der Waals surface area contributed by atoms with Gasteiger partial charge in [0, 0.05) is 16.2 Å². The minimum Gasteiger partial charge on any atom is -0.875 e. The Morgan fingerprint density at radius 1 is 0.350 bits per heavy atom. The third-order valence-electron chi connectivity index (χ3n) is 5.22. The Kier molecular flexibility index (Phi) is 19.3. The number of carbonyl (C=O) groups is 3. The van der Waals surface area contributed by atoms with Crippen molar-refractivity contribution in [3.8, 4) is 0 Å². The fraction of sp³-hybridized carbons (Fsp3) is 0.727. The van der Waals surface area contributed by atoms with Crippen molar-refractivity contribution < 1.29 is 76.6 Å². The average Bonchev–Trinajstić information content (AvgIpc) is 2.64. The number of allylic oxidation sites excluding steroid dienone is 6. The van der Waals surface area contributed by atoms with Gasteiger partial charge in [-0.2, -0.15) is 0 Å². The van der Waals surface area contributed by atoms with Gasteiger partial charge in [0.15, 0.2) is 17.3 Å². The number of ketones is 3. The summed E-state index contributed by atoms with van der Waals surface area (Å²) < 4.78 is 0. The Labute approximate surface area is 284 Å². The topological polar surface area (TPSA) is 120 Å². The van der Waals surface area contributed by atoms with E-state index < -0.39 is 32.5 Å². The van der Waals surface area contributed by atoms with E-state index in [0.29, 0.717) is 0 Å². The fourth-order valence-corrected chi connectivity index (χ4v) is 1.66. The van der Waals surface area contributed by atoms with Crippen LogP contribution in [0.1, 0.15) is 125 Å². The molecule has 239 valence electrons. The number of carbonyl (C=O) groups excluding carboxylic acids is 3. The Balaban J connectivity index is -0.000000240. The van der Waals surface area contributed by atoms with Crippen molar-refractivity contribution in [2.45, 2.75) is 125 Å². The number of rotatable bonds is 3. The van der Waals surface area contributed by atoms with Gasteiger partial charge in [0.1, 0.15) is 0 Å². The maximum Gasteiger partial charge on any atom is 3.00 e. The third kappa shape index (κ3) is 21.8. The molecular formula is C33H57O6Yb. The van der Waals surface area contributed by atoms with Crippen LogP contribution >= 0.6 is 0 Å². The summed E-state index contributed by atoms with van der Waals surface area (Å²) in [7, 11) is 0. The molecule has 7 heteroatoms. The van der Waals surface area contributed by atoms with Crippen molar-refractivity contribution in [2.24, 2.45) is 32.5 Å². The summed E-state index contributed by atoms with van der Waals surface area (Å²) in [5.74, 6) is -0.625. The molecule has 0 aromatic rings. The standard InChI is InChI=1S/3C11H20O2.Yb/c3*1-10(2,3)8(12)7-9(13)11(4,5)6;/h3*7,12H,1-6H3;/q;;;+3/p-3. The first-order valence-corrected chi connectivity index (χ1v) is 13.5. The van der Waals surface area contributed by atoms with Gasteiger partial charge in [-0.25, -0.2) is 0 Å².